The molecular weight excluding hydrogens is 414 g/mol. The number of H-pyrrole nitrogens is 1. The minimum atomic E-state index is -0.509. The average molecular weight is 438 g/mol. The van der Waals surface area contributed by atoms with Crippen LogP contribution in [0, 0.1) is 0 Å². The first-order valence-electron chi connectivity index (χ1n) is 8.60. The lowest BCUT2D eigenvalue weighted by molar-refractivity contribution is 0.0219. The summed E-state index contributed by atoms with van der Waals surface area (Å²) < 4.78 is 6.64. The number of rotatable bonds is 3. The van der Waals surface area contributed by atoms with Crippen molar-refractivity contribution >= 4 is 33.8 Å². The Balaban J connectivity index is 1.83. The van der Waals surface area contributed by atoms with Crippen molar-refractivity contribution < 1.29 is 9.53 Å². The van der Waals surface area contributed by atoms with Crippen molar-refractivity contribution in [3.05, 3.63) is 40.8 Å². The summed E-state index contributed by atoms with van der Waals surface area (Å²) in [6, 6.07) is 7.98. The predicted octanol–water partition coefficient (Wildman–Crippen LogP) is 5.25. The second kappa shape index (κ2) is 7.64. The molecule has 1 amide bonds. The van der Waals surface area contributed by atoms with E-state index in [4.69, 9.17) is 4.74 Å². The van der Waals surface area contributed by atoms with Crippen LogP contribution in [0.15, 0.2) is 34.9 Å². The van der Waals surface area contributed by atoms with Crippen LogP contribution in [0.1, 0.15) is 39.1 Å². The number of carbonyl (C=O) groups excluding carboxylic acids is 1. The number of nitrogens with one attached hydrogen (secondary N) is 1. The summed E-state index contributed by atoms with van der Waals surface area (Å²) in [5.41, 5.74) is 1.50. The van der Waals surface area contributed by atoms with E-state index in [2.05, 4.69) is 32.2 Å². The quantitative estimate of drug-likeness (QED) is 0.711. The van der Waals surface area contributed by atoms with Gasteiger partial charge in [-0.15, -0.1) is 0 Å². The summed E-state index contributed by atoms with van der Waals surface area (Å²) in [5, 5.41) is 0.383. The van der Waals surface area contributed by atoms with Crippen molar-refractivity contribution in [1.82, 2.24) is 14.9 Å². The molecule has 0 saturated carbocycles. The van der Waals surface area contributed by atoms with Crippen molar-refractivity contribution in [1.29, 1.82) is 0 Å². The van der Waals surface area contributed by atoms with Crippen LogP contribution in [-0.2, 0) is 4.74 Å². The van der Waals surface area contributed by atoms with E-state index in [9.17, 15) is 4.79 Å². The molecule has 0 radical (unpaired) electrons. The van der Waals surface area contributed by atoms with Crippen molar-refractivity contribution in [2.75, 3.05) is 12.8 Å². The Bertz CT molecular complexity index is 770. The number of amides is 1. The van der Waals surface area contributed by atoms with E-state index in [1.165, 1.54) is 0 Å². The molecule has 5 nitrogen and oxygen atoms in total. The number of imidazole rings is 1. The number of aromatic nitrogens is 2. The highest BCUT2D eigenvalue weighted by Gasteiger charge is 2.39. The molecule has 3 rings (SSSR count). The molecule has 1 aromatic heterocycles. The Hall–Kier alpha value is -1.47. The maximum Gasteiger partial charge on any atom is 0.410 e. The van der Waals surface area contributed by atoms with Crippen molar-refractivity contribution in [2.24, 2.45) is 0 Å². The van der Waals surface area contributed by atoms with Gasteiger partial charge in [0.1, 0.15) is 11.4 Å². The standard InChI is InChI=1S/C19H24BrN3O2S/c1-19(2,3)25-18(24)23-11-14(26-4)9-16(23)17-21-10-15(22-17)12-5-7-13(20)8-6-12/h5-8,10,14,16H,9,11H2,1-4H3,(H,21,22)/t14-,16?/m0/s1. The van der Waals surface area contributed by atoms with Crippen LogP contribution in [0.4, 0.5) is 4.79 Å². The lowest BCUT2D eigenvalue weighted by atomic mass is 10.2. The average Bonchev–Trinajstić information content (AvgIpc) is 3.20. The van der Waals surface area contributed by atoms with Crippen LogP contribution in [-0.4, -0.2) is 44.6 Å². The molecule has 2 aromatic rings. The van der Waals surface area contributed by atoms with Gasteiger partial charge in [-0.1, -0.05) is 28.1 Å². The van der Waals surface area contributed by atoms with Crippen LogP contribution in [0.2, 0.25) is 0 Å². The number of aromatic amines is 1. The van der Waals surface area contributed by atoms with Crippen LogP contribution in [0.5, 0.6) is 0 Å². The van der Waals surface area contributed by atoms with Crippen molar-refractivity contribution in [3.63, 3.8) is 0 Å². The van der Waals surface area contributed by atoms with E-state index < -0.39 is 5.60 Å². The Morgan fingerprint density at radius 1 is 1.35 bits per heavy atom. The molecule has 1 aliphatic heterocycles. The molecule has 140 valence electrons. The molecule has 1 unspecified atom stereocenters. The monoisotopic (exact) mass is 437 g/mol. The zero-order valence-electron chi connectivity index (χ0n) is 15.5. The molecule has 0 spiro atoms. The molecule has 0 aliphatic carbocycles. The van der Waals surface area contributed by atoms with E-state index in [-0.39, 0.29) is 12.1 Å². The van der Waals surface area contributed by atoms with Gasteiger partial charge in [0.2, 0.25) is 0 Å². The molecule has 1 N–H and O–H groups in total. The molecule has 1 aromatic carbocycles. The fourth-order valence-electron chi connectivity index (χ4n) is 3.03. The minimum Gasteiger partial charge on any atom is -0.444 e. The Morgan fingerprint density at radius 3 is 2.65 bits per heavy atom. The lowest BCUT2D eigenvalue weighted by Crippen LogP contribution is -2.37. The summed E-state index contributed by atoms with van der Waals surface area (Å²) in [6.45, 7) is 6.34. The second-order valence-corrected chi connectivity index (χ2v) is 9.48. The third-order valence-electron chi connectivity index (χ3n) is 4.29. The number of likely N-dealkylation sites (tertiary alicyclic amines) is 1. The lowest BCUT2D eigenvalue weighted by Gasteiger charge is -2.27. The molecule has 26 heavy (non-hydrogen) atoms. The van der Waals surface area contributed by atoms with E-state index in [0.29, 0.717) is 11.8 Å². The first kappa shape index (κ1) is 19.3. The van der Waals surface area contributed by atoms with Gasteiger partial charge < -0.3 is 9.72 Å². The SMILES string of the molecule is CS[C@H]1CC(c2ncc(-c3ccc(Br)cc3)[nH]2)N(C(=O)OC(C)(C)C)C1. The van der Waals surface area contributed by atoms with E-state index in [1.807, 2.05) is 51.2 Å². The number of carbonyl (C=O) groups is 1. The number of hydrogen-bond donors (Lipinski definition) is 1. The molecule has 1 aliphatic rings. The number of halogens is 1. The van der Waals surface area contributed by atoms with Gasteiger partial charge in [-0.2, -0.15) is 11.8 Å². The van der Waals surface area contributed by atoms with Crippen molar-refractivity contribution in [2.45, 2.75) is 44.1 Å². The van der Waals surface area contributed by atoms with Gasteiger partial charge in [-0.3, -0.25) is 4.90 Å². The molecule has 2 atom stereocenters. The van der Waals surface area contributed by atoms with Crippen LogP contribution in [0.25, 0.3) is 11.3 Å². The Kier molecular flexibility index (Phi) is 5.67. The van der Waals surface area contributed by atoms with Crippen LogP contribution < -0.4 is 0 Å². The van der Waals surface area contributed by atoms with Gasteiger partial charge in [0.15, 0.2) is 0 Å². The maximum absolute atomic E-state index is 12.7. The third kappa shape index (κ3) is 4.43. The highest BCUT2D eigenvalue weighted by molar-refractivity contribution is 9.10. The van der Waals surface area contributed by atoms with Crippen LogP contribution >= 0.6 is 27.7 Å². The summed E-state index contributed by atoms with van der Waals surface area (Å²) in [5.74, 6) is 0.810. The highest BCUT2D eigenvalue weighted by Crippen LogP contribution is 2.37. The number of ether oxygens (including phenoxy) is 1. The molecule has 7 heteroatoms. The summed E-state index contributed by atoms with van der Waals surface area (Å²) >= 11 is 5.23. The molecule has 1 saturated heterocycles. The minimum absolute atomic E-state index is 0.0912. The predicted molar refractivity (Wildman–Crippen MR) is 109 cm³/mol. The van der Waals surface area contributed by atoms with Crippen molar-refractivity contribution in [3.8, 4) is 11.3 Å². The van der Waals surface area contributed by atoms with Crippen LogP contribution in [0.3, 0.4) is 0 Å². The molecule has 1 fully saturated rings. The van der Waals surface area contributed by atoms with Gasteiger partial charge in [0, 0.05) is 16.3 Å². The van der Waals surface area contributed by atoms with E-state index in [1.54, 1.807) is 16.7 Å². The normalized spacial score (nSPS) is 20.4. The Morgan fingerprint density at radius 2 is 2.04 bits per heavy atom. The zero-order valence-corrected chi connectivity index (χ0v) is 17.9. The fourth-order valence-corrected chi connectivity index (χ4v) is 3.98. The number of thioether (sulfide) groups is 1. The Labute approximate surface area is 167 Å². The highest BCUT2D eigenvalue weighted by atomic mass is 79.9. The first-order chi connectivity index (χ1) is 12.3. The van der Waals surface area contributed by atoms with E-state index >= 15 is 0 Å². The summed E-state index contributed by atoms with van der Waals surface area (Å²) in [6.07, 6.45) is 4.50. The third-order valence-corrected chi connectivity index (χ3v) is 5.83. The molecule has 2 heterocycles. The number of hydrogen-bond acceptors (Lipinski definition) is 4. The zero-order chi connectivity index (χ0) is 18.9. The molecular formula is C19H24BrN3O2S. The first-order valence-corrected chi connectivity index (χ1v) is 10.7. The largest absolute Gasteiger partial charge is 0.444 e. The molecule has 0 bridgehead atoms. The maximum atomic E-state index is 12.7. The smallest absolute Gasteiger partial charge is 0.410 e. The van der Waals surface area contributed by atoms with Gasteiger partial charge in [-0.05, 0) is 51.1 Å². The topological polar surface area (TPSA) is 58.2 Å². The van der Waals surface area contributed by atoms with E-state index in [0.717, 1.165) is 28.0 Å². The van der Waals surface area contributed by atoms with Gasteiger partial charge in [0.25, 0.3) is 0 Å². The summed E-state index contributed by atoms with van der Waals surface area (Å²) in [7, 11) is 0. The number of nitrogens with zero attached hydrogens (tertiary/aromatic N) is 2. The van der Waals surface area contributed by atoms with Gasteiger partial charge >= 0.3 is 6.09 Å². The number of benzene rings is 1. The fraction of sp³-hybridized carbons (Fsp3) is 0.474. The second-order valence-electron chi connectivity index (χ2n) is 7.43. The van der Waals surface area contributed by atoms with Gasteiger partial charge in [-0.25, -0.2) is 9.78 Å². The van der Waals surface area contributed by atoms with Gasteiger partial charge in [0.05, 0.1) is 17.9 Å². The summed E-state index contributed by atoms with van der Waals surface area (Å²) in [4.78, 5) is 22.4.